The van der Waals surface area contributed by atoms with Crippen molar-refractivity contribution >= 4 is 17.9 Å². The monoisotopic (exact) mass is 412 g/mol. The lowest BCUT2D eigenvalue weighted by Gasteiger charge is -2.19. The Bertz CT molecular complexity index is 1300. The zero-order valence-corrected chi connectivity index (χ0v) is 16.5. The Balaban J connectivity index is 1.39. The number of benzene rings is 1. The molecule has 2 unspecified atom stereocenters. The van der Waals surface area contributed by atoms with E-state index >= 15 is 0 Å². The summed E-state index contributed by atoms with van der Waals surface area (Å²) in [4.78, 5) is 12.7. The van der Waals surface area contributed by atoms with Crippen LogP contribution in [0.1, 0.15) is 18.2 Å². The van der Waals surface area contributed by atoms with Gasteiger partial charge >= 0.3 is 0 Å². The van der Waals surface area contributed by atoms with Gasteiger partial charge in [-0.3, -0.25) is 0 Å². The molecule has 152 valence electrons. The minimum Gasteiger partial charge on any atom is -0.461 e. The third-order valence-corrected chi connectivity index (χ3v) is 4.89. The van der Waals surface area contributed by atoms with Gasteiger partial charge in [-0.1, -0.05) is 18.1 Å². The highest BCUT2D eigenvalue weighted by molar-refractivity contribution is 6.31. The van der Waals surface area contributed by atoms with Gasteiger partial charge in [0.05, 0.1) is 12.6 Å². The van der Waals surface area contributed by atoms with Gasteiger partial charge in [0.25, 0.3) is 11.7 Å². The van der Waals surface area contributed by atoms with E-state index in [1.165, 1.54) is 6.21 Å². The number of aromatic nitrogens is 2. The van der Waals surface area contributed by atoms with E-state index < -0.39 is 10.3 Å². The molecule has 0 radical (unpaired) electrons. The van der Waals surface area contributed by atoms with Gasteiger partial charge < -0.3 is 14.1 Å². The van der Waals surface area contributed by atoms with E-state index in [2.05, 4.69) is 31.9 Å². The number of rotatable bonds is 3. The second-order valence-corrected chi connectivity index (χ2v) is 7.22. The Hall–Kier alpha value is -4.10. The van der Waals surface area contributed by atoms with Crippen LogP contribution in [0, 0.1) is 11.8 Å². The summed E-state index contributed by atoms with van der Waals surface area (Å²) in [6.45, 7) is 1.63. The maximum Gasteiger partial charge on any atom is 0.300 e. The van der Waals surface area contributed by atoms with Crippen LogP contribution in [0.25, 0.3) is 5.69 Å². The summed E-state index contributed by atoms with van der Waals surface area (Å²) in [6.07, 6.45) is 9.89. The molecule has 2 atom stereocenters. The zero-order chi connectivity index (χ0) is 21.5. The van der Waals surface area contributed by atoms with Crippen molar-refractivity contribution in [3.05, 3.63) is 84.6 Å². The number of aliphatic imine (C=N–C) groups is 2. The Kier molecular flexibility index (Phi) is 4.27. The molecule has 2 aliphatic heterocycles. The first-order valence-electron chi connectivity index (χ1n) is 9.45. The zero-order valence-electron chi connectivity index (χ0n) is 16.5. The molecule has 0 aliphatic carbocycles. The highest BCUT2D eigenvalue weighted by Crippen LogP contribution is 2.24. The van der Waals surface area contributed by atoms with Gasteiger partial charge in [-0.15, -0.1) is 5.84 Å². The van der Waals surface area contributed by atoms with Gasteiger partial charge in [0.1, 0.15) is 11.8 Å². The Morgan fingerprint density at radius 2 is 2.06 bits per heavy atom. The number of furan rings is 1. The second kappa shape index (κ2) is 7.00. The van der Waals surface area contributed by atoms with Gasteiger partial charge in [0.15, 0.2) is 17.7 Å². The average Bonchev–Trinajstić information content (AvgIpc) is 3.52. The number of nitrogens with two attached hydrogens (primary N) is 1. The van der Waals surface area contributed by atoms with Gasteiger partial charge in [-0.25, -0.2) is 9.98 Å². The fraction of sp³-hybridized carbons (Fsp3) is 0.0909. The van der Waals surface area contributed by atoms with Crippen LogP contribution in [0.3, 0.4) is 0 Å². The largest absolute Gasteiger partial charge is 0.461 e. The fourth-order valence-corrected chi connectivity index (χ4v) is 3.18. The van der Waals surface area contributed by atoms with E-state index in [0.717, 1.165) is 5.69 Å². The number of hydrogen-bond acceptors (Lipinski definition) is 7. The van der Waals surface area contributed by atoms with E-state index in [-0.39, 0.29) is 0 Å². The topological polar surface area (TPSA) is 114 Å². The normalized spacial score (nSPS) is 21.3. The summed E-state index contributed by atoms with van der Waals surface area (Å²) in [7, 11) is 0. The number of imidazole rings is 1. The van der Waals surface area contributed by atoms with Crippen molar-refractivity contribution in [2.24, 2.45) is 20.9 Å². The quantitative estimate of drug-likeness (QED) is 0.389. The van der Waals surface area contributed by atoms with Crippen molar-refractivity contribution < 1.29 is 14.2 Å². The summed E-state index contributed by atoms with van der Waals surface area (Å²) in [5, 5.41) is 15.3. The Morgan fingerprint density at radius 3 is 2.77 bits per heavy atom. The van der Waals surface area contributed by atoms with Crippen LogP contribution in [-0.4, -0.2) is 37.2 Å². The first-order valence-corrected chi connectivity index (χ1v) is 9.45. The maximum atomic E-state index is 10.9. The van der Waals surface area contributed by atoms with Crippen LogP contribution >= 0.6 is 0 Å². The highest BCUT2D eigenvalue weighted by atomic mass is 16.3. The smallest absolute Gasteiger partial charge is 0.300 e. The molecule has 5 rings (SSSR count). The summed E-state index contributed by atoms with van der Waals surface area (Å²) < 4.78 is 6.80. The molecule has 3 N–H and O–H groups in total. The van der Waals surface area contributed by atoms with Crippen LogP contribution in [0.2, 0.25) is 0 Å². The van der Waals surface area contributed by atoms with E-state index in [4.69, 9.17) is 10.3 Å². The maximum absolute atomic E-state index is 10.9. The molecule has 1 aromatic carbocycles. The van der Waals surface area contributed by atoms with Crippen LogP contribution in [0.15, 0.2) is 92.8 Å². The van der Waals surface area contributed by atoms with Crippen molar-refractivity contribution in [3.63, 3.8) is 0 Å². The summed E-state index contributed by atoms with van der Waals surface area (Å²) in [6, 6.07) is 10.9. The lowest BCUT2D eigenvalue weighted by Crippen LogP contribution is -2.50. The van der Waals surface area contributed by atoms with Gasteiger partial charge in [0.2, 0.25) is 0 Å². The second-order valence-electron chi connectivity index (χ2n) is 7.22. The molecule has 0 amide bonds. The molecule has 3 aromatic rings. The summed E-state index contributed by atoms with van der Waals surface area (Å²) in [5.74, 6) is 13.4. The first kappa shape index (κ1) is 18.9. The number of hydrogen-bond donors (Lipinski definition) is 2. The van der Waals surface area contributed by atoms with E-state index in [1.807, 2.05) is 35.0 Å². The molecule has 0 fully saturated rings. The van der Waals surface area contributed by atoms with Crippen molar-refractivity contribution in [2.45, 2.75) is 12.5 Å². The van der Waals surface area contributed by atoms with Gasteiger partial charge in [-0.05, 0) is 52.5 Å². The number of nitrogens with zero attached hydrogens (tertiary/aromatic N) is 6. The molecule has 2 aromatic heterocycles. The number of fused-ring (bicyclic) bond motifs is 1. The summed E-state index contributed by atoms with van der Waals surface area (Å²) >= 11 is 0. The predicted octanol–water partition coefficient (Wildman–Crippen LogP) is 2.07. The average molecular weight is 412 g/mol. The standard InChI is InChI=1S/C22H18N7O2/c1-22(30,16-4-6-18(7-5-16)28-11-10-24-15-28)9-8-17-14-29(23)20(13-25-17)26-21(27-29)19-3-2-12-31-19/h2-7,10-15,30H,23H2,1H3/q+1. The van der Waals surface area contributed by atoms with Gasteiger partial charge in [0, 0.05) is 18.1 Å². The minimum absolute atomic E-state index is 0.376. The molecule has 0 saturated carbocycles. The molecule has 2 aliphatic rings. The van der Waals surface area contributed by atoms with Crippen molar-refractivity contribution in [2.75, 3.05) is 0 Å². The molecule has 0 saturated heterocycles. The van der Waals surface area contributed by atoms with E-state index in [1.54, 1.807) is 44.0 Å². The fourth-order valence-electron chi connectivity index (χ4n) is 3.18. The molecule has 0 bridgehead atoms. The minimum atomic E-state index is -1.38. The third-order valence-electron chi connectivity index (χ3n) is 4.89. The number of amidine groups is 2. The molecule has 31 heavy (non-hydrogen) atoms. The SMILES string of the molecule is CC(O)(C#CC1=C[N+]2(N)N=C(c3ccco3)N=C2C=N1)c1ccc(-n2ccnc2)cc1. The van der Waals surface area contributed by atoms with E-state index in [0.29, 0.717) is 28.7 Å². The van der Waals surface area contributed by atoms with Crippen LogP contribution < -0.4 is 5.84 Å². The Morgan fingerprint density at radius 1 is 1.23 bits per heavy atom. The molecule has 9 heteroatoms. The summed E-state index contributed by atoms with van der Waals surface area (Å²) in [5.41, 5.74) is 0.583. The molecule has 9 nitrogen and oxygen atoms in total. The molecule has 4 heterocycles. The molecular weight excluding hydrogens is 394 g/mol. The lowest BCUT2D eigenvalue weighted by atomic mass is 9.96. The van der Waals surface area contributed by atoms with Crippen LogP contribution in [-0.2, 0) is 5.60 Å². The van der Waals surface area contributed by atoms with Gasteiger partial charge in [-0.2, -0.15) is 4.99 Å². The van der Waals surface area contributed by atoms with Crippen LogP contribution in [0.5, 0.6) is 0 Å². The number of quaternary nitrogens is 1. The predicted molar refractivity (Wildman–Crippen MR) is 115 cm³/mol. The van der Waals surface area contributed by atoms with E-state index in [9.17, 15) is 5.11 Å². The van der Waals surface area contributed by atoms with Crippen molar-refractivity contribution in [3.8, 4) is 17.5 Å². The third kappa shape index (κ3) is 3.51. The molecule has 0 spiro atoms. The highest BCUT2D eigenvalue weighted by Gasteiger charge is 2.39. The first-order chi connectivity index (χ1) is 14.9. The lowest BCUT2D eigenvalue weighted by molar-refractivity contribution is -0.803. The van der Waals surface area contributed by atoms with Crippen molar-refractivity contribution in [1.29, 1.82) is 0 Å². The van der Waals surface area contributed by atoms with Crippen molar-refractivity contribution in [1.82, 2.24) is 9.55 Å². The molecular formula is C22H18N7O2+. The van der Waals surface area contributed by atoms with Crippen LogP contribution in [0.4, 0.5) is 0 Å². The number of aliphatic hydroxyl groups is 1. The Labute approximate surface area is 177 Å². The number of allylic oxidation sites excluding steroid dienone is 1.